The summed E-state index contributed by atoms with van der Waals surface area (Å²) < 4.78 is 11.8. The molecule has 2 aromatic carbocycles. The normalized spacial score (nSPS) is 12.9. The van der Waals surface area contributed by atoms with Gasteiger partial charge < -0.3 is 4.74 Å². The second kappa shape index (κ2) is 11.9. The summed E-state index contributed by atoms with van der Waals surface area (Å²) in [6.07, 6.45) is 8.35. The highest BCUT2D eigenvalue weighted by molar-refractivity contribution is 5.80. The summed E-state index contributed by atoms with van der Waals surface area (Å²) in [5.74, 6) is 1.64. The number of nitrogens with zero attached hydrogens (tertiary/aromatic N) is 5. The van der Waals surface area contributed by atoms with Crippen molar-refractivity contribution in [2.24, 2.45) is 0 Å². The number of H-pyrrole nitrogens is 1. The lowest BCUT2D eigenvalue weighted by atomic mass is 9.96. The predicted molar refractivity (Wildman–Crippen MR) is 158 cm³/mol. The molecule has 3 heterocycles. The lowest BCUT2D eigenvalue weighted by molar-refractivity contribution is 0.337. The molecule has 0 aliphatic heterocycles. The highest BCUT2D eigenvalue weighted by atomic mass is 16.5. The number of nitrogens with one attached hydrogen (secondary N) is 1. The first-order chi connectivity index (χ1) is 20.6. The second-order valence-electron chi connectivity index (χ2n) is 10.4. The molecule has 0 spiro atoms. The van der Waals surface area contributed by atoms with E-state index >= 15 is 0 Å². The van der Waals surface area contributed by atoms with Gasteiger partial charge in [-0.1, -0.05) is 67.0 Å². The number of hydrogen-bond donors (Lipinski definition) is 1. The summed E-state index contributed by atoms with van der Waals surface area (Å²) in [4.78, 5) is 42.4. The first kappa shape index (κ1) is 27.3. The molecule has 42 heavy (non-hydrogen) atoms. The molecule has 1 N–H and O–H groups in total. The number of unbranched alkanes of at least 4 members (excludes halogenated alkanes) is 1. The number of benzene rings is 2. The topological polar surface area (TPSA) is 129 Å². The predicted octanol–water partition coefficient (Wildman–Crippen LogP) is 5.24. The SMILES string of the molecule is CCCCc1nc(C2CC2)n(-c2ncc(OCC)cn2)c(=O)c1Cc1ccc(-c2ccccc2-c2noc(=O)[nH]2)cc1. The Kier molecular flexibility index (Phi) is 7.76. The Morgan fingerprint density at radius 2 is 1.74 bits per heavy atom. The van der Waals surface area contributed by atoms with Crippen LogP contribution in [0.15, 0.2) is 75.0 Å². The minimum Gasteiger partial charge on any atom is -0.491 e. The number of rotatable bonds is 11. The molecule has 1 saturated carbocycles. The lowest BCUT2D eigenvalue weighted by Crippen LogP contribution is -2.30. The molecule has 214 valence electrons. The number of aromatic amines is 1. The van der Waals surface area contributed by atoms with Crippen LogP contribution in [-0.2, 0) is 12.8 Å². The van der Waals surface area contributed by atoms with Gasteiger partial charge in [-0.15, -0.1) is 0 Å². The van der Waals surface area contributed by atoms with Crippen molar-refractivity contribution in [3.63, 3.8) is 0 Å². The third kappa shape index (κ3) is 5.65. The van der Waals surface area contributed by atoms with Crippen LogP contribution in [-0.4, -0.2) is 36.3 Å². The van der Waals surface area contributed by atoms with Crippen LogP contribution in [0.5, 0.6) is 5.75 Å². The van der Waals surface area contributed by atoms with Crippen molar-refractivity contribution >= 4 is 0 Å². The van der Waals surface area contributed by atoms with Crippen molar-refractivity contribution in [2.75, 3.05) is 6.61 Å². The summed E-state index contributed by atoms with van der Waals surface area (Å²) >= 11 is 0. The molecule has 10 heteroatoms. The van der Waals surface area contributed by atoms with Crippen LogP contribution in [0, 0.1) is 0 Å². The molecule has 6 rings (SSSR count). The van der Waals surface area contributed by atoms with E-state index in [0.29, 0.717) is 36.1 Å². The van der Waals surface area contributed by atoms with Gasteiger partial charge in [0.15, 0.2) is 11.6 Å². The van der Waals surface area contributed by atoms with Gasteiger partial charge in [0.1, 0.15) is 5.82 Å². The largest absolute Gasteiger partial charge is 0.491 e. The minimum atomic E-state index is -0.600. The molecule has 0 bridgehead atoms. The van der Waals surface area contributed by atoms with E-state index in [4.69, 9.17) is 14.2 Å². The van der Waals surface area contributed by atoms with Gasteiger partial charge in [0.05, 0.1) is 24.7 Å². The lowest BCUT2D eigenvalue weighted by Gasteiger charge is -2.16. The van der Waals surface area contributed by atoms with E-state index < -0.39 is 5.76 Å². The molecule has 5 aromatic rings. The summed E-state index contributed by atoms with van der Waals surface area (Å²) in [6.45, 7) is 4.55. The number of ether oxygens (including phenoxy) is 1. The monoisotopic (exact) mass is 564 g/mol. The van der Waals surface area contributed by atoms with Crippen molar-refractivity contribution in [2.45, 2.75) is 58.3 Å². The van der Waals surface area contributed by atoms with E-state index in [1.807, 2.05) is 55.5 Å². The Balaban J connectivity index is 1.37. The summed E-state index contributed by atoms with van der Waals surface area (Å²) in [5, 5.41) is 3.86. The third-order valence-electron chi connectivity index (χ3n) is 7.39. The highest BCUT2D eigenvalue weighted by Gasteiger charge is 2.32. The van der Waals surface area contributed by atoms with E-state index in [9.17, 15) is 9.59 Å². The first-order valence-electron chi connectivity index (χ1n) is 14.4. The molecule has 3 aromatic heterocycles. The Morgan fingerprint density at radius 3 is 2.38 bits per heavy atom. The average molecular weight is 565 g/mol. The fraction of sp³-hybridized carbons (Fsp3) is 0.312. The fourth-order valence-electron chi connectivity index (χ4n) is 5.12. The minimum absolute atomic E-state index is 0.119. The van der Waals surface area contributed by atoms with Crippen molar-refractivity contribution in [1.82, 2.24) is 29.7 Å². The molecule has 1 aliphatic carbocycles. The van der Waals surface area contributed by atoms with Crippen LogP contribution in [0.25, 0.3) is 28.5 Å². The van der Waals surface area contributed by atoms with Crippen molar-refractivity contribution in [3.8, 4) is 34.2 Å². The van der Waals surface area contributed by atoms with E-state index in [1.54, 1.807) is 17.0 Å². The van der Waals surface area contributed by atoms with Crippen molar-refractivity contribution < 1.29 is 9.26 Å². The van der Waals surface area contributed by atoms with E-state index in [-0.39, 0.29) is 11.5 Å². The van der Waals surface area contributed by atoms with Crippen molar-refractivity contribution in [3.05, 3.63) is 104 Å². The van der Waals surface area contributed by atoms with E-state index in [1.165, 1.54) is 0 Å². The van der Waals surface area contributed by atoms with Gasteiger partial charge in [-0.25, -0.2) is 24.3 Å². The Hall–Kier alpha value is -4.86. The molecule has 0 saturated heterocycles. The summed E-state index contributed by atoms with van der Waals surface area (Å²) in [5.41, 5.74) is 5.01. The zero-order chi connectivity index (χ0) is 29.1. The molecule has 0 unspecified atom stereocenters. The second-order valence-corrected chi connectivity index (χ2v) is 10.4. The standard InChI is InChI=1S/C32H32N6O4/c1-3-5-10-27-26(30(39)38(29(35-27)22-15-16-22)31-33-18-23(19-34-31)41-4-2)17-20-11-13-21(14-12-20)24-8-6-7-9-25(24)28-36-32(40)42-37-28/h6-9,11-14,18-19,22H,3-5,10,15-17H2,1-2H3,(H,36,37,40). The maximum atomic E-state index is 14.2. The van der Waals surface area contributed by atoms with Crippen LogP contribution >= 0.6 is 0 Å². The number of aryl methyl sites for hydroxylation is 1. The van der Waals surface area contributed by atoms with Crippen LogP contribution in [0.1, 0.15) is 68.1 Å². The van der Waals surface area contributed by atoms with Gasteiger partial charge in [-0.3, -0.25) is 14.3 Å². The third-order valence-corrected chi connectivity index (χ3v) is 7.39. The van der Waals surface area contributed by atoms with Crippen LogP contribution in [0.2, 0.25) is 0 Å². The fourth-order valence-corrected chi connectivity index (χ4v) is 5.12. The first-order valence-corrected chi connectivity index (χ1v) is 14.4. The van der Waals surface area contributed by atoms with Gasteiger partial charge in [-0.2, -0.15) is 0 Å². The van der Waals surface area contributed by atoms with Gasteiger partial charge in [0, 0.05) is 23.5 Å². The van der Waals surface area contributed by atoms with Crippen molar-refractivity contribution in [1.29, 1.82) is 0 Å². The highest BCUT2D eigenvalue weighted by Crippen LogP contribution is 2.39. The quantitative estimate of drug-likeness (QED) is 0.231. The van der Waals surface area contributed by atoms with Gasteiger partial charge in [-0.05, 0) is 49.3 Å². The Labute approximate surface area is 242 Å². The van der Waals surface area contributed by atoms with Crippen LogP contribution in [0.4, 0.5) is 0 Å². The van der Waals surface area contributed by atoms with E-state index in [2.05, 4.69) is 27.0 Å². The smallest absolute Gasteiger partial charge is 0.439 e. The molecule has 0 atom stereocenters. The molecule has 10 nitrogen and oxygen atoms in total. The molecule has 1 fully saturated rings. The van der Waals surface area contributed by atoms with E-state index in [0.717, 1.165) is 65.9 Å². The van der Waals surface area contributed by atoms with Crippen LogP contribution < -0.4 is 16.1 Å². The van der Waals surface area contributed by atoms with Gasteiger partial charge in [0.25, 0.3) is 5.56 Å². The molecule has 0 amide bonds. The molecule has 1 aliphatic rings. The Bertz CT molecular complexity index is 1800. The Morgan fingerprint density at radius 1 is 1.00 bits per heavy atom. The maximum absolute atomic E-state index is 14.2. The number of hydrogen-bond acceptors (Lipinski definition) is 8. The zero-order valence-corrected chi connectivity index (χ0v) is 23.7. The summed E-state index contributed by atoms with van der Waals surface area (Å²) in [6, 6.07) is 15.7. The van der Waals surface area contributed by atoms with Gasteiger partial charge >= 0.3 is 5.76 Å². The average Bonchev–Trinajstić information content (AvgIpc) is 3.78. The van der Waals surface area contributed by atoms with Crippen LogP contribution in [0.3, 0.4) is 0 Å². The molecule has 0 radical (unpaired) electrons. The van der Waals surface area contributed by atoms with Gasteiger partial charge in [0.2, 0.25) is 5.95 Å². The molecular formula is C32H32N6O4. The number of aromatic nitrogens is 6. The summed E-state index contributed by atoms with van der Waals surface area (Å²) in [7, 11) is 0. The molecular weight excluding hydrogens is 532 g/mol. The maximum Gasteiger partial charge on any atom is 0.439 e. The zero-order valence-electron chi connectivity index (χ0n) is 23.7.